The summed E-state index contributed by atoms with van der Waals surface area (Å²) in [7, 11) is 0. The molecule has 1 heterocycles. The first-order valence-electron chi connectivity index (χ1n) is 6.17. The molecule has 3 nitrogen and oxygen atoms in total. The summed E-state index contributed by atoms with van der Waals surface area (Å²) in [6.45, 7) is 0. The lowest BCUT2D eigenvalue weighted by Gasteiger charge is -2.08. The molecule has 112 valence electrons. The fraction of sp³-hybridized carbons (Fsp3) is 0.133. The largest absolute Gasteiger partial charge is 0.341 e. The molecule has 21 heavy (non-hydrogen) atoms. The molecule has 6 heteroatoms. The highest BCUT2D eigenvalue weighted by Crippen LogP contribution is 2.18. The average molecular weight is 345 g/mol. The normalized spacial score (nSPS) is 11.5. The highest BCUT2D eigenvalue weighted by Gasteiger charge is 2.11. The Hall–Kier alpha value is -1.26. The van der Waals surface area contributed by atoms with E-state index in [2.05, 4.69) is 9.97 Å². The minimum Gasteiger partial charge on any atom is -0.341 e. The Labute approximate surface area is 140 Å². The van der Waals surface area contributed by atoms with Gasteiger partial charge in [0, 0.05) is 5.02 Å². The van der Waals surface area contributed by atoms with Gasteiger partial charge in [0.2, 0.25) is 0 Å². The summed E-state index contributed by atoms with van der Waals surface area (Å²) in [5.74, 6) is 0.816. The molecule has 0 spiro atoms. The topological polar surface area (TPSA) is 54.7 Å². The van der Waals surface area contributed by atoms with E-state index in [9.17, 15) is 0 Å². The van der Waals surface area contributed by atoms with Crippen LogP contribution in [0.15, 0.2) is 48.5 Å². The zero-order chi connectivity index (χ0) is 13.2. The van der Waals surface area contributed by atoms with Gasteiger partial charge in [0.05, 0.1) is 17.1 Å². The Morgan fingerprint density at radius 1 is 1.05 bits per heavy atom. The third kappa shape index (κ3) is 4.11. The predicted molar refractivity (Wildman–Crippen MR) is 92.7 cm³/mol. The molecule has 3 rings (SSSR count). The van der Waals surface area contributed by atoms with Crippen LogP contribution in [0.25, 0.3) is 11.0 Å². The molecule has 0 saturated carbocycles. The van der Waals surface area contributed by atoms with Gasteiger partial charge in [0.1, 0.15) is 5.82 Å². The molecule has 1 atom stereocenters. The summed E-state index contributed by atoms with van der Waals surface area (Å²) >= 11 is 5.87. The average Bonchev–Trinajstić information content (AvgIpc) is 2.85. The number of hydrogen-bond acceptors (Lipinski definition) is 2. The molecular weight excluding hydrogens is 329 g/mol. The summed E-state index contributed by atoms with van der Waals surface area (Å²) in [6, 6.07) is 15.5. The van der Waals surface area contributed by atoms with Crippen LogP contribution >= 0.6 is 36.4 Å². The number of nitrogens with zero attached hydrogens (tertiary/aromatic N) is 1. The summed E-state index contributed by atoms with van der Waals surface area (Å²) in [5, 5.41) is 0.737. The molecule has 2 aromatic carbocycles. The number of halogens is 3. The predicted octanol–water partition coefficient (Wildman–Crippen LogP) is 4.30. The number of benzene rings is 2. The first-order chi connectivity index (χ1) is 9.22. The van der Waals surface area contributed by atoms with Crippen LogP contribution in [0.4, 0.5) is 0 Å². The zero-order valence-electron chi connectivity index (χ0n) is 11.1. The van der Waals surface area contributed by atoms with Gasteiger partial charge in [-0.1, -0.05) is 35.9 Å². The lowest BCUT2D eigenvalue weighted by Crippen LogP contribution is -2.14. The monoisotopic (exact) mass is 343 g/mol. The number of para-hydroxylation sites is 2. The van der Waals surface area contributed by atoms with Crippen molar-refractivity contribution in [2.75, 3.05) is 0 Å². The van der Waals surface area contributed by atoms with Gasteiger partial charge in [-0.05, 0) is 36.2 Å². The molecule has 0 fully saturated rings. The quantitative estimate of drug-likeness (QED) is 0.744. The highest BCUT2D eigenvalue weighted by molar-refractivity contribution is 6.30. The number of aromatic amines is 1. The number of hydrogen-bond donors (Lipinski definition) is 2. The van der Waals surface area contributed by atoms with Gasteiger partial charge in [-0.3, -0.25) is 0 Å². The molecule has 0 aliphatic rings. The van der Waals surface area contributed by atoms with Crippen molar-refractivity contribution < 1.29 is 0 Å². The van der Waals surface area contributed by atoms with E-state index in [1.54, 1.807) is 0 Å². The Morgan fingerprint density at radius 2 is 1.71 bits per heavy atom. The molecule has 0 amide bonds. The maximum Gasteiger partial charge on any atom is 0.124 e. The number of nitrogens with one attached hydrogen (secondary N) is 1. The minimum atomic E-state index is -0.145. The second kappa shape index (κ2) is 7.66. The minimum absolute atomic E-state index is 0. The molecule has 3 aromatic rings. The van der Waals surface area contributed by atoms with Gasteiger partial charge in [-0.2, -0.15) is 0 Å². The van der Waals surface area contributed by atoms with Crippen molar-refractivity contribution >= 4 is 47.4 Å². The number of rotatable bonds is 3. The molecule has 1 aromatic heterocycles. The van der Waals surface area contributed by atoms with Crippen LogP contribution in [0, 0.1) is 0 Å². The molecule has 1 unspecified atom stereocenters. The summed E-state index contributed by atoms with van der Waals surface area (Å²) in [5.41, 5.74) is 9.32. The lowest BCUT2D eigenvalue weighted by atomic mass is 10.1. The summed E-state index contributed by atoms with van der Waals surface area (Å²) in [4.78, 5) is 7.78. The smallest absolute Gasteiger partial charge is 0.124 e. The molecule has 0 aliphatic carbocycles. The number of imidazole rings is 1. The fourth-order valence-electron chi connectivity index (χ4n) is 2.12. The Kier molecular flexibility index (Phi) is 6.49. The lowest BCUT2D eigenvalue weighted by molar-refractivity contribution is 0.680. The second-order valence-electron chi connectivity index (χ2n) is 4.58. The van der Waals surface area contributed by atoms with Crippen LogP contribution in [0.2, 0.25) is 5.02 Å². The standard InChI is InChI=1S/C15H14ClN3.2ClH/c16-11-7-5-10(6-8-11)9-12(17)15-18-13-3-1-2-4-14(13)19-15;;/h1-8,12H,9,17H2,(H,18,19);2*1H. The second-order valence-corrected chi connectivity index (χ2v) is 5.01. The van der Waals surface area contributed by atoms with Gasteiger partial charge >= 0.3 is 0 Å². The van der Waals surface area contributed by atoms with Gasteiger partial charge < -0.3 is 10.7 Å². The molecular formula is C15H16Cl3N3. The number of fused-ring (bicyclic) bond motifs is 1. The van der Waals surface area contributed by atoms with Crippen LogP contribution in [0.1, 0.15) is 17.4 Å². The van der Waals surface area contributed by atoms with Gasteiger partial charge in [-0.25, -0.2) is 4.98 Å². The van der Waals surface area contributed by atoms with Crippen molar-refractivity contribution in [3.63, 3.8) is 0 Å². The van der Waals surface area contributed by atoms with E-state index in [-0.39, 0.29) is 30.9 Å². The molecule has 0 saturated heterocycles. The van der Waals surface area contributed by atoms with E-state index in [4.69, 9.17) is 17.3 Å². The molecule has 3 N–H and O–H groups in total. The van der Waals surface area contributed by atoms with E-state index in [0.29, 0.717) is 0 Å². The van der Waals surface area contributed by atoms with Crippen molar-refractivity contribution in [3.05, 3.63) is 64.9 Å². The zero-order valence-corrected chi connectivity index (χ0v) is 13.5. The van der Waals surface area contributed by atoms with E-state index >= 15 is 0 Å². The van der Waals surface area contributed by atoms with E-state index in [0.717, 1.165) is 33.9 Å². The van der Waals surface area contributed by atoms with E-state index in [1.165, 1.54) is 0 Å². The first kappa shape index (κ1) is 17.8. The van der Waals surface area contributed by atoms with Crippen molar-refractivity contribution in [1.82, 2.24) is 9.97 Å². The highest BCUT2D eigenvalue weighted by atomic mass is 35.5. The van der Waals surface area contributed by atoms with Crippen molar-refractivity contribution in [3.8, 4) is 0 Å². The molecule has 0 bridgehead atoms. The number of H-pyrrole nitrogens is 1. The van der Waals surface area contributed by atoms with Gasteiger partial charge in [0.25, 0.3) is 0 Å². The van der Waals surface area contributed by atoms with Crippen molar-refractivity contribution in [1.29, 1.82) is 0 Å². The Balaban J connectivity index is 0.00000110. The van der Waals surface area contributed by atoms with Gasteiger partial charge in [0.15, 0.2) is 0 Å². The van der Waals surface area contributed by atoms with Crippen LogP contribution in [0.5, 0.6) is 0 Å². The molecule has 0 aliphatic heterocycles. The maximum atomic E-state index is 6.20. The van der Waals surface area contributed by atoms with Crippen LogP contribution in [0.3, 0.4) is 0 Å². The third-order valence-electron chi connectivity index (χ3n) is 3.13. The van der Waals surface area contributed by atoms with E-state index in [1.807, 2.05) is 48.5 Å². The Bertz CT molecular complexity index is 662. The maximum absolute atomic E-state index is 6.20. The fourth-order valence-corrected chi connectivity index (χ4v) is 2.25. The SMILES string of the molecule is Cl.Cl.NC(Cc1ccc(Cl)cc1)c1nc2ccccc2[nH]1. The Morgan fingerprint density at radius 3 is 2.38 bits per heavy atom. The van der Waals surface area contributed by atoms with Crippen LogP contribution < -0.4 is 5.73 Å². The number of nitrogens with two attached hydrogens (primary N) is 1. The van der Waals surface area contributed by atoms with Crippen LogP contribution in [-0.2, 0) is 6.42 Å². The van der Waals surface area contributed by atoms with Crippen LogP contribution in [-0.4, -0.2) is 9.97 Å². The number of aromatic nitrogens is 2. The van der Waals surface area contributed by atoms with E-state index < -0.39 is 0 Å². The molecule has 0 radical (unpaired) electrons. The first-order valence-corrected chi connectivity index (χ1v) is 6.55. The third-order valence-corrected chi connectivity index (χ3v) is 3.38. The van der Waals surface area contributed by atoms with Crippen molar-refractivity contribution in [2.24, 2.45) is 5.73 Å². The van der Waals surface area contributed by atoms with Crippen molar-refractivity contribution in [2.45, 2.75) is 12.5 Å². The van der Waals surface area contributed by atoms with Gasteiger partial charge in [-0.15, -0.1) is 24.8 Å². The summed E-state index contributed by atoms with van der Waals surface area (Å²) < 4.78 is 0. The summed E-state index contributed by atoms with van der Waals surface area (Å²) in [6.07, 6.45) is 0.733.